The van der Waals surface area contributed by atoms with E-state index in [1.54, 1.807) is 12.1 Å². The van der Waals surface area contributed by atoms with Crippen LogP contribution < -0.4 is 4.72 Å². The molecule has 3 aromatic rings. The number of nitrogens with zero attached hydrogens (tertiary/aromatic N) is 1. The van der Waals surface area contributed by atoms with Gasteiger partial charge in [-0.3, -0.25) is 4.90 Å². The standard InChI is InChI=1S/C22H24N2O3S/c25-28(26,22-12-6-10-18-7-4-5-11-20(18)22)23-13-14-24-15-16-27-21(17-24)19-8-2-1-3-9-19/h1-12,21,23H,13-17H2. The Balaban J connectivity index is 1.39. The first kappa shape index (κ1) is 19.1. The normalized spacial score (nSPS) is 18.4. The van der Waals surface area contributed by atoms with E-state index >= 15 is 0 Å². The highest BCUT2D eigenvalue weighted by Gasteiger charge is 2.22. The van der Waals surface area contributed by atoms with Crippen LogP contribution in [0.15, 0.2) is 77.7 Å². The van der Waals surface area contributed by atoms with E-state index < -0.39 is 10.0 Å². The average Bonchev–Trinajstić information content (AvgIpc) is 2.74. The minimum atomic E-state index is -3.56. The van der Waals surface area contributed by atoms with Gasteiger partial charge in [0.1, 0.15) is 0 Å². The van der Waals surface area contributed by atoms with E-state index in [1.165, 1.54) is 0 Å². The molecule has 1 saturated heterocycles. The molecule has 5 nitrogen and oxygen atoms in total. The van der Waals surface area contributed by atoms with Crippen LogP contribution in [0, 0.1) is 0 Å². The maximum atomic E-state index is 12.8. The second kappa shape index (κ2) is 8.41. The van der Waals surface area contributed by atoms with Crippen molar-refractivity contribution in [2.45, 2.75) is 11.0 Å². The van der Waals surface area contributed by atoms with Crippen molar-refractivity contribution < 1.29 is 13.2 Å². The Kier molecular flexibility index (Phi) is 5.73. The molecule has 0 saturated carbocycles. The molecule has 1 aliphatic rings. The van der Waals surface area contributed by atoms with E-state index in [0.717, 1.165) is 29.4 Å². The molecule has 0 radical (unpaired) electrons. The SMILES string of the molecule is O=S(=O)(NCCN1CCOC(c2ccccc2)C1)c1cccc2ccccc12. The maximum absolute atomic E-state index is 12.8. The topological polar surface area (TPSA) is 58.6 Å². The summed E-state index contributed by atoms with van der Waals surface area (Å²) in [4.78, 5) is 2.57. The van der Waals surface area contributed by atoms with Gasteiger partial charge in [0.2, 0.25) is 10.0 Å². The predicted molar refractivity (Wildman–Crippen MR) is 111 cm³/mol. The molecule has 1 heterocycles. The fraction of sp³-hybridized carbons (Fsp3) is 0.273. The maximum Gasteiger partial charge on any atom is 0.241 e. The van der Waals surface area contributed by atoms with Crippen molar-refractivity contribution in [3.63, 3.8) is 0 Å². The van der Waals surface area contributed by atoms with Gasteiger partial charge < -0.3 is 4.74 Å². The first-order chi connectivity index (χ1) is 13.6. The van der Waals surface area contributed by atoms with E-state index in [4.69, 9.17) is 4.74 Å². The first-order valence-corrected chi connectivity index (χ1v) is 11.0. The molecule has 6 heteroatoms. The summed E-state index contributed by atoms with van der Waals surface area (Å²) in [5.41, 5.74) is 1.16. The van der Waals surface area contributed by atoms with Gasteiger partial charge >= 0.3 is 0 Å². The van der Waals surface area contributed by atoms with Gasteiger partial charge in [-0.1, -0.05) is 66.7 Å². The van der Waals surface area contributed by atoms with Gasteiger partial charge in [-0.15, -0.1) is 0 Å². The largest absolute Gasteiger partial charge is 0.371 e. The van der Waals surface area contributed by atoms with E-state index in [2.05, 4.69) is 21.8 Å². The summed E-state index contributed by atoms with van der Waals surface area (Å²) in [6, 6.07) is 23.0. The second-order valence-electron chi connectivity index (χ2n) is 6.95. The number of sulfonamides is 1. The van der Waals surface area contributed by atoms with Gasteiger partial charge in [-0.05, 0) is 17.0 Å². The lowest BCUT2D eigenvalue weighted by Crippen LogP contribution is -2.42. The third-order valence-corrected chi connectivity index (χ3v) is 6.60. The molecule has 0 amide bonds. The first-order valence-electron chi connectivity index (χ1n) is 9.50. The van der Waals surface area contributed by atoms with E-state index in [0.29, 0.717) is 24.6 Å². The molecule has 146 valence electrons. The molecule has 3 aromatic carbocycles. The van der Waals surface area contributed by atoms with E-state index in [-0.39, 0.29) is 6.10 Å². The lowest BCUT2D eigenvalue weighted by Gasteiger charge is -2.33. The number of rotatable bonds is 6. The van der Waals surface area contributed by atoms with Gasteiger partial charge in [0.25, 0.3) is 0 Å². The molecule has 0 aliphatic carbocycles. The molecular formula is C22H24N2O3S. The molecular weight excluding hydrogens is 372 g/mol. The van der Waals surface area contributed by atoms with Crippen LogP contribution in [0.5, 0.6) is 0 Å². The molecule has 1 fully saturated rings. The smallest absolute Gasteiger partial charge is 0.241 e. The monoisotopic (exact) mass is 396 g/mol. The summed E-state index contributed by atoms with van der Waals surface area (Å²) in [5.74, 6) is 0. The van der Waals surface area contributed by atoms with Crippen LogP contribution in [0.2, 0.25) is 0 Å². The Morgan fingerprint density at radius 1 is 0.964 bits per heavy atom. The van der Waals surface area contributed by atoms with Gasteiger partial charge in [0.15, 0.2) is 0 Å². The minimum absolute atomic E-state index is 0.0321. The van der Waals surface area contributed by atoms with Gasteiger partial charge in [0.05, 0.1) is 17.6 Å². The highest BCUT2D eigenvalue weighted by Crippen LogP contribution is 2.23. The zero-order valence-corrected chi connectivity index (χ0v) is 16.4. The van der Waals surface area contributed by atoms with Crippen LogP contribution >= 0.6 is 0 Å². The highest BCUT2D eigenvalue weighted by molar-refractivity contribution is 7.89. The van der Waals surface area contributed by atoms with Crippen LogP contribution in [0.3, 0.4) is 0 Å². The lowest BCUT2D eigenvalue weighted by molar-refractivity contribution is -0.0291. The number of ether oxygens (including phenoxy) is 1. The van der Waals surface area contributed by atoms with Crippen LogP contribution in [0.4, 0.5) is 0 Å². The van der Waals surface area contributed by atoms with Crippen LogP contribution in [0.1, 0.15) is 11.7 Å². The Morgan fingerprint density at radius 2 is 1.71 bits per heavy atom. The Hall–Kier alpha value is -2.25. The van der Waals surface area contributed by atoms with Gasteiger partial charge in [-0.25, -0.2) is 13.1 Å². The van der Waals surface area contributed by atoms with Gasteiger partial charge in [-0.2, -0.15) is 0 Å². The predicted octanol–water partition coefficient (Wildman–Crippen LogP) is 3.19. The van der Waals surface area contributed by atoms with Crippen LogP contribution in [-0.2, 0) is 14.8 Å². The van der Waals surface area contributed by atoms with Crippen molar-refractivity contribution >= 4 is 20.8 Å². The molecule has 4 rings (SSSR count). The molecule has 1 unspecified atom stereocenters. The second-order valence-corrected chi connectivity index (χ2v) is 8.68. The number of morpholine rings is 1. The van der Waals surface area contributed by atoms with E-state index in [1.807, 2.05) is 48.5 Å². The summed E-state index contributed by atoms with van der Waals surface area (Å²) in [5, 5.41) is 1.66. The molecule has 0 spiro atoms. The highest BCUT2D eigenvalue weighted by atomic mass is 32.2. The Labute approximate surface area is 166 Å². The average molecular weight is 397 g/mol. The molecule has 1 N–H and O–H groups in total. The molecule has 28 heavy (non-hydrogen) atoms. The van der Waals surface area contributed by atoms with E-state index in [9.17, 15) is 8.42 Å². The summed E-state index contributed by atoms with van der Waals surface area (Å²) in [6.45, 7) is 3.23. The van der Waals surface area contributed by atoms with Crippen molar-refractivity contribution in [1.29, 1.82) is 0 Å². The number of hydrogen-bond acceptors (Lipinski definition) is 4. The van der Waals surface area contributed by atoms with Crippen molar-refractivity contribution in [2.24, 2.45) is 0 Å². The quantitative estimate of drug-likeness (QED) is 0.695. The Morgan fingerprint density at radius 3 is 2.57 bits per heavy atom. The fourth-order valence-corrected chi connectivity index (χ4v) is 4.87. The van der Waals surface area contributed by atoms with Crippen molar-refractivity contribution in [1.82, 2.24) is 9.62 Å². The molecule has 0 aromatic heterocycles. The van der Waals surface area contributed by atoms with Crippen LogP contribution in [0.25, 0.3) is 10.8 Å². The molecule has 1 aliphatic heterocycles. The van der Waals surface area contributed by atoms with Crippen molar-refractivity contribution in [2.75, 3.05) is 32.8 Å². The summed E-state index contributed by atoms with van der Waals surface area (Å²) in [7, 11) is -3.56. The lowest BCUT2D eigenvalue weighted by atomic mass is 10.1. The number of fused-ring (bicyclic) bond motifs is 1. The third kappa shape index (κ3) is 4.25. The zero-order valence-electron chi connectivity index (χ0n) is 15.6. The summed E-state index contributed by atoms with van der Waals surface area (Å²) >= 11 is 0. The number of nitrogens with one attached hydrogen (secondary N) is 1. The molecule has 0 bridgehead atoms. The van der Waals surface area contributed by atoms with Crippen LogP contribution in [-0.4, -0.2) is 46.1 Å². The number of hydrogen-bond donors (Lipinski definition) is 1. The van der Waals surface area contributed by atoms with Crippen molar-refractivity contribution in [3.05, 3.63) is 78.4 Å². The summed E-state index contributed by atoms with van der Waals surface area (Å²) in [6.07, 6.45) is 0.0321. The van der Waals surface area contributed by atoms with Crippen molar-refractivity contribution in [3.8, 4) is 0 Å². The number of benzene rings is 3. The summed E-state index contributed by atoms with van der Waals surface area (Å²) < 4.78 is 34.3. The molecule has 1 atom stereocenters. The minimum Gasteiger partial charge on any atom is -0.371 e. The zero-order chi connectivity index (χ0) is 19.4. The Bertz CT molecular complexity index is 1030. The van der Waals surface area contributed by atoms with Gasteiger partial charge in [0, 0.05) is 31.6 Å². The fourth-order valence-electron chi connectivity index (χ4n) is 3.62. The third-order valence-electron chi connectivity index (χ3n) is 5.08.